The van der Waals surface area contributed by atoms with Crippen LogP contribution in [0.2, 0.25) is 0 Å². The van der Waals surface area contributed by atoms with Crippen molar-refractivity contribution in [2.45, 2.75) is 6.92 Å². The minimum Gasteiger partial charge on any atom is -0.469 e. The van der Waals surface area contributed by atoms with Crippen molar-refractivity contribution < 1.29 is 9.53 Å². The van der Waals surface area contributed by atoms with Gasteiger partial charge in [0.25, 0.3) is 0 Å². The summed E-state index contributed by atoms with van der Waals surface area (Å²) in [7, 11) is 1.35. The normalized spacial score (nSPS) is 7.92. The first-order chi connectivity index (χ1) is 5.66. The van der Waals surface area contributed by atoms with Crippen LogP contribution in [0.1, 0.15) is 6.92 Å². The first-order valence-electron chi connectivity index (χ1n) is 3.42. The smallest absolute Gasteiger partial charge is 0.302 e. The van der Waals surface area contributed by atoms with E-state index in [2.05, 4.69) is 20.7 Å². The van der Waals surface area contributed by atoms with Crippen molar-refractivity contribution in [3.05, 3.63) is 34.8 Å². The Balaban J connectivity index is 0.000000217. The summed E-state index contributed by atoms with van der Waals surface area (Å²) in [6, 6.07) is 9.97. The standard InChI is InChI=1S/C6H5Br.C3H6O2/c7-6-4-2-1-3-5-6;1-3(4)5-2/h1-5H;1-2H3. The van der Waals surface area contributed by atoms with Crippen LogP contribution >= 0.6 is 15.9 Å². The lowest BCUT2D eigenvalue weighted by Crippen LogP contribution is -1.88. The highest BCUT2D eigenvalue weighted by molar-refractivity contribution is 9.10. The van der Waals surface area contributed by atoms with E-state index in [1.54, 1.807) is 0 Å². The van der Waals surface area contributed by atoms with Crippen molar-refractivity contribution in [1.82, 2.24) is 0 Å². The highest BCUT2D eigenvalue weighted by atomic mass is 79.9. The van der Waals surface area contributed by atoms with Crippen LogP contribution in [-0.4, -0.2) is 13.1 Å². The van der Waals surface area contributed by atoms with Gasteiger partial charge in [-0.2, -0.15) is 0 Å². The zero-order valence-electron chi connectivity index (χ0n) is 7.08. The summed E-state index contributed by atoms with van der Waals surface area (Å²) in [5, 5.41) is 0. The van der Waals surface area contributed by atoms with Gasteiger partial charge in [-0.1, -0.05) is 34.1 Å². The summed E-state index contributed by atoms with van der Waals surface area (Å²) in [5.74, 6) is -0.245. The van der Waals surface area contributed by atoms with E-state index in [4.69, 9.17) is 0 Å². The maximum absolute atomic E-state index is 9.59. The quantitative estimate of drug-likeness (QED) is 0.641. The van der Waals surface area contributed by atoms with E-state index in [0.717, 1.165) is 4.47 Å². The molecule has 0 saturated heterocycles. The van der Waals surface area contributed by atoms with Gasteiger partial charge >= 0.3 is 5.97 Å². The Hall–Kier alpha value is -0.830. The molecule has 12 heavy (non-hydrogen) atoms. The van der Waals surface area contributed by atoms with Crippen molar-refractivity contribution in [2.24, 2.45) is 0 Å². The first kappa shape index (κ1) is 11.2. The van der Waals surface area contributed by atoms with Crippen LogP contribution < -0.4 is 0 Å². The fourth-order valence-electron chi connectivity index (χ4n) is 0.415. The lowest BCUT2D eigenvalue weighted by Gasteiger charge is -1.80. The minimum atomic E-state index is -0.245. The van der Waals surface area contributed by atoms with Gasteiger partial charge in [-0.15, -0.1) is 0 Å². The van der Waals surface area contributed by atoms with Gasteiger partial charge in [0, 0.05) is 11.4 Å². The molecule has 0 aliphatic rings. The maximum Gasteiger partial charge on any atom is 0.302 e. The Bertz CT molecular complexity index is 221. The monoisotopic (exact) mass is 230 g/mol. The fraction of sp³-hybridized carbons (Fsp3) is 0.222. The van der Waals surface area contributed by atoms with Gasteiger partial charge in [-0.3, -0.25) is 4.79 Å². The van der Waals surface area contributed by atoms with E-state index in [1.165, 1.54) is 14.0 Å². The summed E-state index contributed by atoms with van der Waals surface area (Å²) in [4.78, 5) is 9.59. The summed E-state index contributed by atoms with van der Waals surface area (Å²) < 4.78 is 5.25. The number of hydrogen-bond donors (Lipinski definition) is 0. The molecule has 1 aromatic rings. The molecule has 0 heterocycles. The van der Waals surface area contributed by atoms with Crippen LogP contribution in [0.4, 0.5) is 0 Å². The Morgan fingerprint density at radius 3 is 1.92 bits per heavy atom. The molecule has 2 nitrogen and oxygen atoms in total. The fourth-order valence-corrected chi connectivity index (χ4v) is 0.720. The maximum atomic E-state index is 9.59. The molecule has 0 aliphatic heterocycles. The van der Waals surface area contributed by atoms with E-state index in [9.17, 15) is 4.79 Å². The number of esters is 1. The molecule has 0 amide bonds. The largest absolute Gasteiger partial charge is 0.469 e. The summed E-state index contributed by atoms with van der Waals surface area (Å²) in [6.07, 6.45) is 0. The summed E-state index contributed by atoms with van der Waals surface area (Å²) in [5.41, 5.74) is 0. The molecule has 0 radical (unpaired) electrons. The van der Waals surface area contributed by atoms with Gasteiger partial charge < -0.3 is 4.74 Å². The third kappa shape index (κ3) is 7.28. The van der Waals surface area contributed by atoms with Gasteiger partial charge in [0.1, 0.15) is 0 Å². The van der Waals surface area contributed by atoms with E-state index >= 15 is 0 Å². The molecule has 0 fully saturated rings. The molecule has 0 aromatic heterocycles. The molecule has 0 N–H and O–H groups in total. The molecular weight excluding hydrogens is 220 g/mol. The van der Waals surface area contributed by atoms with Crippen molar-refractivity contribution >= 4 is 21.9 Å². The second-order valence-electron chi connectivity index (χ2n) is 1.99. The highest BCUT2D eigenvalue weighted by Gasteiger charge is 1.75. The minimum absolute atomic E-state index is 0.245. The van der Waals surface area contributed by atoms with Crippen LogP contribution in [0.25, 0.3) is 0 Å². The molecular formula is C9H11BrO2. The zero-order valence-corrected chi connectivity index (χ0v) is 8.67. The Labute approximate surface area is 80.7 Å². The molecule has 0 aliphatic carbocycles. The van der Waals surface area contributed by atoms with Gasteiger partial charge in [0.05, 0.1) is 7.11 Å². The first-order valence-corrected chi connectivity index (χ1v) is 4.21. The molecule has 3 heteroatoms. The molecule has 0 atom stereocenters. The third-order valence-corrected chi connectivity index (χ3v) is 1.55. The molecule has 0 bridgehead atoms. The van der Waals surface area contributed by atoms with E-state index < -0.39 is 0 Å². The number of halogens is 1. The van der Waals surface area contributed by atoms with Crippen molar-refractivity contribution in [1.29, 1.82) is 0 Å². The average molecular weight is 231 g/mol. The van der Waals surface area contributed by atoms with Crippen LogP contribution in [0.5, 0.6) is 0 Å². The second-order valence-corrected chi connectivity index (χ2v) is 2.91. The molecule has 0 saturated carbocycles. The van der Waals surface area contributed by atoms with Gasteiger partial charge in [0.2, 0.25) is 0 Å². The van der Waals surface area contributed by atoms with Gasteiger partial charge in [0.15, 0.2) is 0 Å². The zero-order chi connectivity index (χ0) is 9.40. The predicted molar refractivity (Wildman–Crippen MR) is 51.8 cm³/mol. The van der Waals surface area contributed by atoms with Gasteiger partial charge in [-0.05, 0) is 12.1 Å². The summed E-state index contributed by atoms with van der Waals surface area (Å²) in [6.45, 7) is 1.36. The summed E-state index contributed by atoms with van der Waals surface area (Å²) >= 11 is 3.31. The number of carbonyl (C=O) groups excluding carboxylic acids is 1. The second kappa shape index (κ2) is 6.85. The number of ether oxygens (including phenoxy) is 1. The average Bonchev–Trinajstić information content (AvgIpc) is 2.07. The molecule has 0 spiro atoms. The lowest BCUT2D eigenvalue weighted by molar-refractivity contribution is -0.137. The Kier molecular flexibility index (Phi) is 6.38. The van der Waals surface area contributed by atoms with Gasteiger partial charge in [-0.25, -0.2) is 0 Å². The molecule has 1 aromatic carbocycles. The predicted octanol–water partition coefficient (Wildman–Crippen LogP) is 2.63. The van der Waals surface area contributed by atoms with E-state index in [-0.39, 0.29) is 5.97 Å². The van der Waals surface area contributed by atoms with Crippen LogP contribution in [0, 0.1) is 0 Å². The van der Waals surface area contributed by atoms with Crippen LogP contribution in [0.3, 0.4) is 0 Å². The SMILES string of the molecule is Brc1ccccc1.COC(C)=O. The number of rotatable bonds is 0. The molecule has 66 valence electrons. The number of carbonyl (C=O) groups is 1. The number of methoxy groups -OCH3 is 1. The van der Waals surface area contributed by atoms with E-state index in [0.29, 0.717) is 0 Å². The Morgan fingerprint density at radius 2 is 1.75 bits per heavy atom. The van der Waals surface area contributed by atoms with E-state index in [1.807, 2.05) is 30.3 Å². The Morgan fingerprint density at radius 1 is 1.33 bits per heavy atom. The third-order valence-electron chi connectivity index (χ3n) is 1.02. The highest BCUT2D eigenvalue weighted by Crippen LogP contribution is 2.05. The van der Waals surface area contributed by atoms with Crippen molar-refractivity contribution in [2.75, 3.05) is 7.11 Å². The van der Waals surface area contributed by atoms with Crippen molar-refractivity contribution in [3.63, 3.8) is 0 Å². The van der Waals surface area contributed by atoms with Crippen LogP contribution in [-0.2, 0) is 9.53 Å². The molecule has 0 unspecified atom stereocenters. The number of hydrogen-bond acceptors (Lipinski definition) is 2. The topological polar surface area (TPSA) is 26.3 Å². The van der Waals surface area contributed by atoms with Crippen molar-refractivity contribution in [3.8, 4) is 0 Å². The number of benzene rings is 1. The lowest BCUT2D eigenvalue weighted by atomic mass is 10.4. The van der Waals surface area contributed by atoms with Crippen LogP contribution in [0.15, 0.2) is 34.8 Å². The molecule has 1 rings (SSSR count).